The molecule has 0 spiro atoms. The van der Waals surface area contributed by atoms with Crippen LogP contribution in [-0.2, 0) is 5.41 Å². The van der Waals surface area contributed by atoms with E-state index in [1.54, 1.807) is 12.4 Å². The molecule has 3 rings (SSSR count). The molecule has 0 saturated heterocycles. The van der Waals surface area contributed by atoms with Gasteiger partial charge in [-0.15, -0.1) is 0 Å². The van der Waals surface area contributed by atoms with E-state index in [0.29, 0.717) is 23.5 Å². The summed E-state index contributed by atoms with van der Waals surface area (Å²) < 4.78 is 6.19. The third-order valence-corrected chi connectivity index (χ3v) is 3.81. The zero-order valence-corrected chi connectivity index (χ0v) is 11.8. The number of aromatic nitrogens is 4. The predicted octanol–water partition coefficient (Wildman–Crippen LogP) is 2.98. The Hall–Kier alpha value is -1.30. The van der Waals surface area contributed by atoms with Crippen LogP contribution in [-0.4, -0.2) is 20.1 Å². The topological polar surface area (TPSA) is 64.7 Å². The van der Waals surface area contributed by atoms with Crippen molar-refractivity contribution in [2.45, 2.75) is 32.1 Å². The van der Waals surface area contributed by atoms with E-state index >= 15 is 0 Å². The summed E-state index contributed by atoms with van der Waals surface area (Å²) >= 11 is 3.29. The average Bonchev–Trinajstić information content (AvgIpc) is 3.09. The summed E-state index contributed by atoms with van der Waals surface area (Å²) in [5.74, 6) is 2.26. The van der Waals surface area contributed by atoms with Crippen LogP contribution in [0.1, 0.15) is 32.6 Å². The molecule has 2 aromatic heterocycles. The monoisotopic (exact) mass is 308 g/mol. The highest BCUT2D eigenvalue weighted by Crippen LogP contribution is 2.46. The smallest absolute Gasteiger partial charge is 0.240 e. The molecule has 1 aliphatic carbocycles. The van der Waals surface area contributed by atoms with Gasteiger partial charge in [-0.3, -0.25) is 0 Å². The lowest BCUT2D eigenvalue weighted by Gasteiger charge is -2.18. The lowest BCUT2D eigenvalue weighted by atomic mass is 9.87. The Morgan fingerprint density at radius 3 is 2.50 bits per heavy atom. The van der Waals surface area contributed by atoms with Crippen molar-refractivity contribution < 1.29 is 4.52 Å². The molecule has 0 unspecified atom stereocenters. The van der Waals surface area contributed by atoms with Gasteiger partial charge in [-0.1, -0.05) is 19.0 Å². The molecule has 0 amide bonds. The Balaban J connectivity index is 1.91. The minimum absolute atomic E-state index is 0.0549. The molecular formula is C12H13BrN4O. The van der Waals surface area contributed by atoms with Gasteiger partial charge in [0.2, 0.25) is 17.5 Å². The summed E-state index contributed by atoms with van der Waals surface area (Å²) in [6, 6.07) is 0. The van der Waals surface area contributed by atoms with E-state index in [1.807, 2.05) is 0 Å². The molecule has 0 radical (unpaired) electrons. The van der Waals surface area contributed by atoms with Crippen LogP contribution in [0.4, 0.5) is 0 Å². The first-order valence-electron chi connectivity index (χ1n) is 5.89. The fraction of sp³-hybridized carbons (Fsp3) is 0.500. The molecule has 0 N–H and O–H groups in total. The molecule has 0 atom stereocenters. The largest absolute Gasteiger partial charge is 0.338 e. The highest BCUT2D eigenvalue weighted by molar-refractivity contribution is 9.10. The maximum atomic E-state index is 5.36. The third-order valence-electron chi connectivity index (χ3n) is 3.40. The fourth-order valence-electron chi connectivity index (χ4n) is 1.98. The van der Waals surface area contributed by atoms with Gasteiger partial charge in [0.15, 0.2) is 0 Å². The van der Waals surface area contributed by atoms with Crippen molar-refractivity contribution in [2.75, 3.05) is 0 Å². The van der Waals surface area contributed by atoms with Crippen LogP contribution in [0, 0.1) is 5.92 Å². The lowest BCUT2D eigenvalue weighted by Crippen LogP contribution is -2.20. The van der Waals surface area contributed by atoms with Gasteiger partial charge < -0.3 is 4.52 Å². The second kappa shape index (κ2) is 4.12. The van der Waals surface area contributed by atoms with E-state index in [0.717, 1.165) is 4.47 Å². The van der Waals surface area contributed by atoms with Crippen molar-refractivity contribution in [3.05, 3.63) is 22.8 Å². The molecule has 1 saturated carbocycles. The van der Waals surface area contributed by atoms with Gasteiger partial charge >= 0.3 is 0 Å². The van der Waals surface area contributed by atoms with E-state index < -0.39 is 0 Å². The zero-order chi connectivity index (χ0) is 12.8. The maximum absolute atomic E-state index is 5.36. The zero-order valence-electron chi connectivity index (χ0n) is 10.2. The predicted molar refractivity (Wildman–Crippen MR) is 68.8 cm³/mol. The Labute approximate surface area is 113 Å². The maximum Gasteiger partial charge on any atom is 0.240 e. The van der Waals surface area contributed by atoms with Crippen LogP contribution in [0.15, 0.2) is 21.4 Å². The van der Waals surface area contributed by atoms with E-state index in [1.165, 1.54) is 12.8 Å². The molecular weight excluding hydrogens is 296 g/mol. The third kappa shape index (κ3) is 2.05. The molecule has 94 valence electrons. The van der Waals surface area contributed by atoms with Gasteiger partial charge in [-0.05, 0) is 34.7 Å². The highest BCUT2D eigenvalue weighted by Gasteiger charge is 2.43. The standard InChI is InChI=1S/C12H13BrN4O/c1-12(2,7-3-4-7)11-16-10(17-18-11)9-14-5-8(13)6-15-9/h5-7H,3-4H2,1-2H3. The number of rotatable bonds is 3. The van der Waals surface area contributed by atoms with Crippen LogP contribution in [0.5, 0.6) is 0 Å². The quantitative estimate of drug-likeness (QED) is 0.872. The van der Waals surface area contributed by atoms with Crippen molar-refractivity contribution in [1.82, 2.24) is 20.1 Å². The van der Waals surface area contributed by atoms with Gasteiger partial charge in [0.05, 0.1) is 4.47 Å². The fourth-order valence-corrected chi connectivity index (χ4v) is 2.19. The van der Waals surface area contributed by atoms with Crippen molar-refractivity contribution in [3.8, 4) is 11.6 Å². The minimum Gasteiger partial charge on any atom is -0.338 e. The SMILES string of the molecule is CC(C)(c1nc(-c2ncc(Br)cn2)no1)C1CC1. The lowest BCUT2D eigenvalue weighted by molar-refractivity contribution is 0.285. The molecule has 18 heavy (non-hydrogen) atoms. The number of halogens is 1. The molecule has 1 fully saturated rings. The van der Waals surface area contributed by atoms with Crippen molar-refractivity contribution >= 4 is 15.9 Å². The summed E-state index contributed by atoms with van der Waals surface area (Å²) in [5, 5.41) is 3.97. The van der Waals surface area contributed by atoms with Gasteiger partial charge in [0.1, 0.15) is 0 Å². The second-order valence-electron chi connectivity index (χ2n) is 5.14. The van der Waals surface area contributed by atoms with Gasteiger partial charge in [0, 0.05) is 17.8 Å². The summed E-state index contributed by atoms with van der Waals surface area (Å²) in [6.07, 6.45) is 5.81. The Morgan fingerprint density at radius 2 is 1.89 bits per heavy atom. The summed E-state index contributed by atoms with van der Waals surface area (Å²) in [4.78, 5) is 12.7. The summed E-state index contributed by atoms with van der Waals surface area (Å²) in [7, 11) is 0. The first kappa shape index (κ1) is 11.8. The van der Waals surface area contributed by atoms with Crippen LogP contribution >= 0.6 is 15.9 Å². The van der Waals surface area contributed by atoms with E-state index in [-0.39, 0.29) is 5.41 Å². The first-order chi connectivity index (χ1) is 8.57. The Morgan fingerprint density at radius 1 is 1.22 bits per heavy atom. The molecule has 0 aliphatic heterocycles. The van der Waals surface area contributed by atoms with E-state index in [2.05, 4.69) is 49.9 Å². The number of hydrogen-bond donors (Lipinski definition) is 0. The summed E-state index contributed by atoms with van der Waals surface area (Å²) in [6.45, 7) is 4.29. The van der Waals surface area contributed by atoms with Gasteiger partial charge in [-0.25, -0.2) is 9.97 Å². The van der Waals surface area contributed by atoms with Crippen LogP contribution in [0.25, 0.3) is 11.6 Å². The van der Waals surface area contributed by atoms with Crippen LogP contribution in [0.2, 0.25) is 0 Å². The first-order valence-corrected chi connectivity index (χ1v) is 6.69. The number of hydrogen-bond acceptors (Lipinski definition) is 5. The average molecular weight is 309 g/mol. The van der Waals surface area contributed by atoms with E-state index in [9.17, 15) is 0 Å². The Kier molecular flexibility index (Phi) is 2.69. The van der Waals surface area contributed by atoms with Crippen LogP contribution in [0.3, 0.4) is 0 Å². The second-order valence-corrected chi connectivity index (χ2v) is 6.06. The van der Waals surface area contributed by atoms with Gasteiger partial charge in [-0.2, -0.15) is 4.98 Å². The molecule has 2 heterocycles. The minimum atomic E-state index is -0.0549. The highest BCUT2D eigenvalue weighted by atomic mass is 79.9. The molecule has 0 bridgehead atoms. The molecule has 0 aromatic carbocycles. The molecule has 2 aromatic rings. The molecule has 1 aliphatic rings. The number of nitrogens with zero attached hydrogens (tertiary/aromatic N) is 4. The molecule has 6 heteroatoms. The summed E-state index contributed by atoms with van der Waals surface area (Å²) in [5.41, 5.74) is -0.0549. The van der Waals surface area contributed by atoms with Gasteiger partial charge in [0.25, 0.3) is 0 Å². The Bertz CT molecular complexity index is 560. The van der Waals surface area contributed by atoms with E-state index in [4.69, 9.17) is 4.52 Å². The normalized spacial score (nSPS) is 15.9. The van der Waals surface area contributed by atoms with Crippen LogP contribution < -0.4 is 0 Å². The van der Waals surface area contributed by atoms with Crippen molar-refractivity contribution in [1.29, 1.82) is 0 Å². The van der Waals surface area contributed by atoms with Crippen molar-refractivity contribution in [3.63, 3.8) is 0 Å². The molecule has 5 nitrogen and oxygen atoms in total. The van der Waals surface area contributed by atoms with Crippen molar-refractivity contribution in [2.24, 2.45) is 5.92 Å².